The summed E-state index contributed by atoms with van der Waals surface area (Å²) >= 11 is 0. The highest BCUT2D eigenvalue weighted by atomic mass is 19.4. The van der Waals surface area contributed by atoms with E-state index < -0.39 is 24.3 Å². The summed E-state index contributed by atoms with van der Waals surface area (Å²) in [6.45, 7) is 2.18. The lowest BCUT2D eigenvalue weighted by molar-refractivity contribution is -0.149. The molecule has 0 radical (unpaired) electrons. The minimum atomic E-state index is -4.30. The van der Waals surface area contributed by atoms with Crippen LogP contribution < -0.4 is 0 Å². The number of pyridine rings is 1. The summed E-state index contributed by atoms with van der Waals surface area (Å²) in [6, 6.07) is 1.99. The summed E-state index contributed by atoms with van der Waals surface area (Å²) in [7, 11) is 0. The standard InChI is InChI=1S/C13H16F4N2O/c1-9(2)19(8-13(15,16)17)6-5-12(20)11-4-3-10(14)7-18-11/h3-4,7,9H,5-6,8H2,1-2H3. The summed E-state index contributed by atoms with van der Waals surface area (Å²) in [6.07, 6.45) is -3.49. The molecule has 0 saturated heterocycles. The van der Waals surface area contributed by atoms with Crippen molar-refractivity contribution in [3.8, 4) is 0 Å². The first-order valence-electron chi connectivity index (χ1n) is 6.14. The molecule has 1 aromatic rings. The number of Topliss-reactive ketones (excluding diaryl/α,β-unsaturated/α-hetero) is 1. The average molecular weight is 292 g/mol. The zero-order valence-corrected chi connectivity index (χ0v) is 11.2. The molecular formula is C13H16F4N2O. The molecule has 0 bridgehead atoms. The van der Waals surface area contributed by atoms with Gasteiger partial charge in [0.15, 0.2) is 5.78 Å². The fraction of sp³-hybridized carbons (Fsp3) is 0.538. The summed E-state index contributed by atoms with van der Waals surface area (Å²) in [5.74, 6) is -0.972. The van der Waals surface area contributed by atoms with Crippen molar-refractivity contribution in [2.45, 2.75) is 32.5 Å². The Morgan fingerprint density at radius 1 is 1.35 bits per heavy atom. The molecule has 0 atom stereocenters. The van der Waals surface area contributed by atoms with E-state index in [0.29, 0.717) is 0 Å². The number of hydrogen-bond donors (Lipinski definition) is 0. The average Bonchev–Trinajstić information content (AvgIpc) is 2.33. The maximum Gasteiger partial charge on any atom is 0.401 e. The molecule has 7 heteroatoms. The number of aromatic nitrogens is 1. The van der Waals surface area contributed by atoms with Crippen LogP contribution in [-0.4, -0.2) is 41.0 Å². The SMILES string of the molecule is CC(C)N(CCC(=O)c1ccc(F)cn1)CC(F)(F)F. The van der Waals surface area contributed by atoms with Crippen LogP contribution in [0, 0.1) is 5.82 Å². The van der Waals surface area contributed by atoms with Crippen molar-refractivity contribution in [1.82, 2.24) is 9.88 Å². The first kappa shape index (κ1) is 16.6. The lowest BCUT2D eigenvalue weighted by Gasteiger charge is -2.27. The number of carbonyl (C=O) groups excluding carboxylic acids is 1. The maximum atomic E-state index is 12.6. The fourth-order valence-corrected chi connectivity index (χ4v) is 1.66. The van der Waals surface area contributed by atoms with Crippen LogP contribution in [0.25, 0.3) is 0 Å². The van der Waals surface area contributed by atoms with E-state index in [0.717, 1.165) is 12.3 Å². The van der Waals surface area contributed by atoms with Gasteiger partial charge >= 0.3 is 6.18 Å². The van der Waals surface area contributed by atoms with Crippen molar-refractivity contribution in [2.24, 2.45) is 0 Å². The Morgan fingerprint density at radius 2 is 2.00 bits per heavy atom. The van der Waals surface area contributed by atoms with E-state index in [4.69, 9.17) is 0 Å². The van der Waals surface area contributed by atoms with Gasteiger partial charge < -0.3 is 0 Å². The molecule has 1 heterocycles. The Hall–Kier alpha value is -1.50. The van der Waals surface area contributed by atoms with Crippen molar-refractivity contribution in [1.29, 1.82) is 0 Å². The van der Waals surface area contributed by atoms with Crippen LogP contribution in [0.4, 0.5) is 17.6 Å². The van der Waals surface area contributed by atoms with Gasteiger partial charge in [-0.05, 0) is 26.0 Å². The number of ketones is 1. The normalized spacial score (nSPS) is 12.2. The lowest BCUT2D eigenvalue weighted by atomic mass is 10.1. The van der Waals surface area contributed by atoms with Gasteiger partial charge in [-0.1, -0.05) is 0 Å². The van der Waals surface area contributed by atoms with Gasteiger partial charge in [0.2, 0.25) is 0 Å². The largest absolute Gasteiger partial charge is 0.401 e. The molecule has 0 saturated carbocycles. The van der Waals surface area contributed by atoms with E-state index in [1.807, 2.05) is 0 Å². The molecule has 3 nitrogen and oxygen atoms in total. The van der Waals surface area contributed by atoms with E-state index in [1.54, 1.807) is 13.8 Å². The molecule has 1 rings (SSSR count). The van der Waals surface area contributed by atoms with Gasteiger partial charge in [0.1, 0.15) is 11.5 Å². The minimum absolute atomic E-state index is 0.0188. The first-order chi connectivity index (χ1) is 9.19. The highest BCUT2D eigenvalue weighted by Gasteiger charge is 2.31. The molecule has 0 fully saturated rings. The van der Waals surface area contributed by atoms with Crippen LogP contribution in [0.15, 0.2) is 18.3 Å². The maximum absolute atomic E-state index is 12.6. The predicted octanol–water partition coefficient (Wildman–Crippen LogP) is 3.07. The number of halogens is 4. The molecular weight excluding hydrogens is 276 g/mol. The van der Waals surface area contributed by atoms with Crippen molar-refractivity contribution in [3.05, 3.63) is 29.8 Å². The Kier molecular flexibility index (Phi) is 5.62. The predicted molar refractivity (Wildman–Crippen MR) is 65.9 cm³/mol. The quantitative estimate of drug-likeness (QED) is 0.597. The molecule has 1 aromatic heterocycles. The van der Waals surface area contributed by atoms with Crippen LogP contribution in [0.2, 0.25) is 0 Å². The summed E-state index contributed by atoms with van der Waals surface area (Å²) in [5, 5.41) is 0. The molecule has 0 aromatic carbocycles. The smallest absolute Gasteiger partial charge is 0.292 e. The highest BCUT2D eigenvalue weighted by Crippen LogP contribution is 2.18. The molecule has 112 valence electrons. The number of hydrogen-bond acceptors (Lipinski definition) is 3. The van der Waals surface area contributed by atoms with Gasteiger partial charge in [-0.25, -0.2) is 4.39 Å². The number of rotatable bonds is 6. The van der Waals surface area contributed by atoms with Gasteiger partial charge in [0.05, 0.1) is 12.7 Å². The monoisotopic (exact) mass is 292 g/mol. The van der Waals surface area contributed by atoms with E-state index in [1.165, 1.54) is 11.0 Å². The van der Waals surface area contributed by atoms with Crippen molar-refractivity contribution in [2.75, 3.05) is 13.1 Å². The van der Waals surface area contributed by atoms with Crippen LogP contribution in [0.5, 0.6) is 0 Å². The van der Waals surface area contributed by atoms with Crippen molar-refractivity contribution >= 4 is 5.78 Å². The zero-order chi connectivity index (χ0) is 15.3. The number of carbonyl (C=O) groups is 1. The Morgan fingerprint density at radius 3 is 2.45 bits per heavy atom. The minimum Gasteiger partial charge on any atom is -0.292 e. The molecule has 20 heavy (non-hydrogen) atoms. The van der Waals surface area contributed by atoms with Gasteiger partial charge in [-0.3, -0.25) is 14.7 Å². The summed E-state index contributed by atoms with van der Waals surface area (Å²) < 4.78 is 49.8. The molecule has 0 amide bonds. The second kappa shape index (κ2) is 6.78. The summed E-state index contributed by atoms with van der Waals surface area (Å²) in [5.41, 5.74) is 0.0575. The van der Waals surface area contributed by atoms with Crippen LogP contribution in [-0.2, 0) is 0 Å². The Balaban J connectivity index is 2.59. The Bertz CT molecular complexity index is 443. The first-order valence-corrected chi connectivity index (χ1v) is 6.14. The molecule has 0 aliphatic rings. The van der Waals surface area contributed by atoms with Crippen LogP contribution in [0.3, 0.4) is 0 Å². The van der Waals surface area contributed by atoms with Crippen LogP contribution >= 0.6 is 0 Å². The molecule has 0 spiro atoms. The zero-order valence-electron chi connectivity index (χ0n) is 11.2. The van der Waals surface area contributed by atoms with Gasteiger partial charge in [0, 0.05) is 19.0 Å². The van der Waals surface area contributed by atoms with Gasteiger partial charge in [-0.2, -0.15) is 13.2 Å². The summed E-state index contributed by atoms with van der Waals surface area (Å²) in [4.78, 5) is 16.5. The molecule has 0 aliphatic heterocycles. The second-order valence-electron chi connectivity index (χ2n) is 4.71. The topological polar surface area (TPSA) is 33.2 Å². The molecule has 0 unspecified atom stereocenters. The van der Waals surface area contributed by atoms with E-state index in [2.05, 4.69) is 4.98 Å². The highest BCUT2D eigenvalue weighted by molar-refractivity contribution is 5.94. The van der Waals surface area contributed by atoms with E-state index in [-0.39, 0.29) is 24.7 Å². The second-order valence-corrected chi connectivity index (χ2v) is 4.71. The van der Waals surface area contributed by atoms with E-state index >= 15 is 0 Å². The van der Waals surface area contributed by atoms with Crippen molar-refractivity contribution < 1.29 is 22.4 Å². The van der Waals surface area contributed by atoms with Crippen LogP contribution in [0.1, 0.15) is 30.8 Å². The lowest BCUT2D eigenvalue weighted by Crippen LogP contribution is -2.40. The number of nitrogens with zero attached hydrogens (tertiary/aromatic N) is 2. The fourth-order valence-electron chi connectivity index (χ4n) is 1.66. The number of alkyl halides is 3. The Labute approximate surface area is 114 Å². The van der Waals surface area contributed by atoms with Gasteiger partial charge in [-0.15, -0.1) is 0 Å². The van der Waals surface area contributed by atoms with E-state index in [9.17, 15) is 22.4 Å². The molecule has 0 aliphatic carbocycles. The van der Waals surface area contributed by atoms with Crippen molar-refractivity contribution in [3.63, 3.8) is 0 Å². The van der Waals surface area contributed by atoms with Gasteiger partial charge in [0.25, 0.3) is 0 Å². The third kappa shape index (κ3) is 5.64. The third-order valence-electron chi connectivity index (χ3n) is 2.75. The third-order valence-corrected chi connectivity index (χ3v) is 2.75. The molecule has 0 N–H and O–H groups in total.